The molecule has 1 aromatic carbocycles. The number of rotatable bonds is 4. The summed E-state index contributed by atoms with van der Waals surface area (Å²) in [6.45, 7) is 1.74. The predicted octanol–water partition coefficient (Wildman–Crippen LogP) is 4.62. The van der Waals surface area contributed by atoms with Gasteiger partial charge in [0.25, 0.3) is 0 Å². The molecule has 8 nitrogen and oxygen atoms in total. The molecule has 0 amide bonds. The number of nitrogen functional groups attached to an aromatic ring is 1. The van der Waals surface area contributed by atoms with Crippen LogP contribution in [0.15, 0.2) is 12.4 Å². The molecule has 0 saturated carbocycles. The monoisotopic (exact) mass is 538 g/mol. The third-order valence-corrected chi connectivity index (χ3v) is 8.98. The lowest BCUT2D eigenvalue weighted by atomic mass is 9.94. The Labute approximate surface area is 218 Å². The van der Waals surface area contributed by atoms with Crippen molar-refractivity contribution in [3.05, 3.63) is 40.7 Å². The van der Waals surface area contributed by atoms with Crippen LogP contribution in [0.25, 0.3) is 32.2 Å². The van der Waals surface area contributed by atoms with Crippen LogP contribution in [0.2, 0.25) is 0 Å². The van der Waals surface area contributed by atoms with Crippen molar-refractivity contribution in [1.29, 1.82) is 5.26 Å². The van der Waals surface area contributed by atoms with Gasteiger partial charge in [0.05, 0.1) is 40.9 Å². The molecule has 12 heteroatoms. The van der Waals surface area contributed by atoms with Crippen molar-refractivity contribution in [1.82, 2.24) is 19.9 Å². The average Bonchev–Trinajstić information content (AvgIpc) is 3.66. The Bertz CT molecular complexity index is 1690. The van der Waals surface area contributed by atoms with Crippen molar-refractivity contribution in [2.45, 2.75) is 44.2 Å². The number of benzene rings is 1. The molecule has 2 atom stereocenters. The molecule has 0 bridgehead atoms. The molecule has 3 aromatic heterocycles. The first-order valence-corrected chi connectivity index (χ1v) is 13.1. The predicted molar refractivity (Wildman–Crippen MR) is 134 cm³/mol. The molecule has 38 heavy (non-hydrogen) atoms. The minimum absolute atomic E-state index is 0.00537. The Kier molecular flexibility index (Phi) is 5.27. The zero-order valence-corrected chi connectivity index (χ0v) is 20.9. The van der Waals surface area contributed by atoms with Crippen molar-refractivity contribution in [2.75, 3.05) is 25.4 Å². The van der Waals surface area contributed by atoms with E-state index < -0.39 is 23.3 Å². The molecule has 0 aliphatic carbocycles. The molecule has 2 saturated heterocycles. The van der Waals surface area contributed by atoms with Crippen molar-refractivity contribution in [3.8, 4) is 23.3 Å². The van der Waals surface area contributed by atoms with Crippen LogP contribution >= 0.6 is 11.3 Å². The summed E-state index contributed by atoms with van der Waals surface area (Å²) in [4.78, 5) is 15.1. The van der Waals surface area contributed by atoms with Crippen molar-refractivity contribution >= 4 is 37.3 Å². The number of hydrogen-bond donors (Lipinski definition) is 1. The van der Waals surface area contributed by atoms with E-state index in [-0.39, 0.29) is 63.3 Å². The smallest absolute Gasteiger partial charge is 0.317 e. The number of aromatic nitrogens is 3. The van der Waals surface area contributed by atoms with E-state index in [4.69, 9.17) is 15.2 Å². The summed E-state index contributed by atoms with van der Waals surface area (Å²) in [5, 5.41) is 10.5. The highest BCUT2D eigenvalue weighted by Crippen LogP contribution is 2.45. The molecular weight excluding hydrogens is 517 g/mol. The average molecular weight is 539 g/mol. The normalized spacial score (nSPS) is 22.7. The van der Waals surface area contributed by atoms with Gasteiger partial charge in [-0.3, -0.25) is 9.88 Å². The highest BCUT2D eigenvalue weighted by atomic mass is 32.1. The third kappa shape index (κ3) is 3.32. The number of thiophene rings is 1. The number of ether oxygens (including phenoxy) is 2. The molecule has 7 rings (SSSR count). The maximum Gasteiger partial charge on any atom is 0.317 e. The van der Waals surface area contributed by atoms with Crippen LogP contribution in [0, 0.1) is 23.0 Å². The summed E-state index contributed by atoms with van der Waals surface area (Å²) >= 11 is 0.920. The second kappa shape index (κ2) is 8.49. The van der Waals surface area contributed by atoms with Crippen molar-refractivity contribution in [2.24, 2.45) is 0 Å². The number of fused-ring (bicyclic) bond motifs is 5. The molecule has 2 fully saturated rings. The minimum Gasteiger partial charge on any atom is -0.461 e. The number of alkyl halides is 1. The van der Waals surface area contributed by atoms with Gasteiger partial charge in [-0.05, 0) is 30.5 Å². The van der Waals surface area contributed by atoms with E-state index in [2.05, 4.69) is 19.9 Å². The molecule has 194 valence electrons. The third-order valence-electron chi connectivity index (χ3n) is 7.95. The van der Waals surface area contributed by atoms with Gasteiger partial charge in [-0.25, -0.2) is 18.2 Å². The molecule has 0 spiro atoms. The van der Waals surface area contributed by atoms with Gasteiger partial charge in [0, 0.05) is 35.5 Å². The Morgan fingerprint density at radius 3 is 2.95 bits per heavy atom. The molecule has 3 aliphatic heterocycles. The van der Waals surface area contributed by atoms with E-state index in [0.29, 0.717) is 29.5 Å². The standard InChI is InChI=1S/C26H21F3N6O2S/c27-12-4-26(2-1-3-35(26)8-12)11-37-25-33-6-14-15-9-36-10-16(15)18(20(29)21(14)34-25)22-19-13(5-30)24(31)38-23(19)17(28)7-32-22/h6-7,12H,1-4,8-11,31H2/t12?,26-/m0/s1. The van der Waals surface area contributed by atoms with Gasteiger partial charge in [-0.1, -0.05) is 0 Å². The van der Waals surface area contributed by atoms with Crippen molar-refractivity contribution in [3.63, 3.8) is 0 Å². The number of nitriles is 1. The number of pyridine rings is 1. The fourth-order valence-corrected chi connectivity index (χ4v) is 7.17. The van der Waals surface area contributed by atoms with E-state index in [1.54, 1.807) is 0 Å². The van der Waals surface area contributed by atoms with Crippen LogP contribution in [0.1, 0.15) is 36.0 Å². The topological polar surface area (TPSA) is 110 Å². The van der Waals surface area contributed by atoms with E-state index in [1.165, 1.54) is 6.20 Å². The van der Waals surface area contributed by atoms with Crippen LogP contribution in [-0.2, 0) is 18.0 Å². The molecule has 2 N–H and O–H groups in total. The maximum absolute atomic E-state index is 16.4. The summed E-state index contributed by atoms with van der Waals surface area (Å²) < 4.78 is 56.9. The Hall–Kier alpha value is -3.53. The summed E-state index contributed by atoms with van der Waals surface area (Å²) in [6, 6.07) is 1.99. The fraction of sp³-hybridized carbons (Fsp3) is 0.385. The van der Waals surface area contributed by atoms with Gasteiger partial charge in [-0.2, -0.15) is 10.2 Å². The number of hydrogen-bond acceptors (Lipinski definition) is 9. The van der Waals surface area contributed by atoms with Gasteiger partial charge in [-0.15, -0.1) is 11.3 Å². The van der Waals surface area contributed by atoms with Crippen LogP contribution in [0.4, 0.5) is 18.2 Å². The summed E-state index contributed by atoms with van der Waals surface area (Å²) in [5.41, 5.74) is 7.08. The first-order chi connectivity index (χ1) is 18.4. The number of anilines is 1. The second-order valence-electron chi connectivity index (χ2n) is 10.0. The molecular formula is C26H21F3N6O2S. The lowest BCUT2D eigenvalue weighted by molar-refractivity contribution is 0.107. The lowest BCUT2D eigenvalue weighted by Gasteiger charge is -2.30. The Balaban J connectivity index is 1.37. The minimum atomic E-state index is -0.900. The van der Waals surface area contributed by atoms with Gasteiger partial charge in [0.15, 0.2) is 11.6 Å². The molecule has 0 radical (unpaired) electrons. The van der Waals surface area contributed by atoms with Gasteiger partial charge < -0.3 is 15.2 Å². The Morgan fingerprint density at radius 1 is 1.26 bits per heavy atom. The van der Waals surface area contributed by atoms with Gasteiger partial charge >= 0.3 is 6.01 Å². The quantitative estimate of drug-likeness (QED) is 0.401. The number of halogens is 3. The molecule has 3 aliphatic rings. The zero-order chi connectivity index (χ0) is 26.2. The van der Waals surface area contributed by atoms with E-state index in [0.717, 1.165) is 36.9 Å². The Morgan fingerprint density at radius 2 is 2.11 bits per heavy atom. The molecule has 1 unspecified atom stereocenters. The van der Waals surface area contributed by atoms with Gasteiger partial charge in [0.2, 0.25) is 0 Å². The molecule has 4 aromatic rings. The SMILES string of the molecule is N#Cc1c(N)sc2c(F)cnc(-c3c4c(c5cnc(OC[C@@]67CCCN6CC(F)C7)nc5c3F)COC4)c12. The number of nitrogens with two attached hydrogens (primary N) is 1. The molecule has 6 heterocycles. The summed E-state index contributed by atoms with van der Waals surface area (Å²) in [6.07, 6.45) is 3.79. The van der Waals surface area contributed by atoms with Crippen LogP contribution in [0.3, 0.4) is 0 Å². The lowest BCUT2D eigenvalue weighted by Crippen LogP contribution is -2.43. The maximum atomic E-state index is 16.4. The highest BCUT2D eigenvalue weighted by molar-refractivity contribution is 7.23. The van der Waals surface area contributed by atoms with E-state index >= 15 is 4.39 Å². The summed E-state index contributed by atoms with van der Waals surface area (Å²) in [5.74, 6) is -1.34. The van der Waals surface area contributed by atoms with Crippen LogP contribution in [-0.4, -0.2) is 51.3 Å². The first-order valence-electron chi connectivity index (χ1n) is 12.3. The zero-order valence-electron chi connectivity index (χ0n) is 20.1. The fourth-order valence-electron chi connectivity index (χ4n) is 6.25. The highest BCUT2D eigenvalue weighted by Gasteiger charge is 2.49. The van der Waals surface area contributed by atoms with Crippen LogP contribution in [0.5, 0.6) is 6.01 Å². The largest absolute Gasteiger partial charge is 0.461 e. The summed E-state index contributed by atoms with van der Waals surface area (Å²) in [7, 11) is 0. The first kappa shape index (κ1) is 23.6. The number of nitrogens with zero attached hydrogens (tertiary/aromatic N) is 5. The second-order valence-corrected chi connectivity index (χ2v) is 11.1. The van der Waals surface area contributed by atoms with Crippen molar-refractivity contribution < 1.29 is 22.6 Å². The van der Waals surface area contributed by atoms with E-state index in [1.807, 2.05) is 6.07 Å². The van der Waals surface area contributed by atoms with Gasteiger partial charge in [0.1, 0.15) is 29.4 Å². The van der Waals surface area contributed by atoms with E-state index in [9.17, 15) is 14.0 Å². The van der Waals surface area contributed by atoms with Crippen LogP contribution < -0.4 is 10.5 Å².